The van der Waals surface area contributed by atoms with Gasteiger partial charge in [0.25, 0.3) is 5.91 Å². The highest BCUT2D eigenvalue weighted by atomic mass is 32.1. The Bertz CT molecular complexity index is 680. The molecule has 0 bridgehead atoms. The van der Waals surface area contributed by atoms with Crippen LogP contribution in [-0.4, -0.2) is 34.8 Å². The fourth-order valence-corrected chi connectivity index (χ4v) is 3.63. The molecule has 0 radical (unpaired) electrons. The van der Waals surface area contributed by atoms with Crippen LogP contribution in [-0.2, 0) is 4.79 Å². The molecule has 24 heavy (non-hydrogen) atoms. The summed E-state index contributed by atoms with van der Waals surface area (Å²) in [6, 6.07) is 9.31. The molecule has 0 aliphatic carbocycles. The quantitative estimate of drug-likeness (QED) is 0.928. The van der Waals surface area contributed by atoms with Crippen molar-refractivity contribution in [3.63, 3.8) is 0 Å². The van der Waals surface area contributed by atoms with Crippen molar-refractivity contribution in [1.29, 1.82) is 0 Å². The number of carbonyl (C=O) groups is 2. The molecule has 1 aliphatic rings. The number of amides is 2. The van der Waals surface area contributed by atoms with Crippen LogP contribution in [0.5, 0.6) is 0 Å². The third-order valence-corrected chi connectivity index (χ3v) is 5.23. The molecule has 1 saturated heterocycles. The second-order valence-electron chi connectivity index (χ2n) is 6.03. The van der Waals surface area contributed by atoms with E-state index in [0.717, 1.165) is 10.6 Å². The number of thiophene rings is 1. The van der Waals surface area contributed by atoms with Crippen molar-refractivity contribution in [2.75, 3.05) is 13.1 Å². The van der Waals surface area contributed by atoms with Gasteiger partial charge in [0.05, 0.1) is 16.6 Å². The summed E-state index contributed by atoms with van der Waals surface area (Å²) in [5.74, 6) is 0.0886. The number of aromatic nitrogens is 1. The summed E-state index contributed by atoms with van der Waals surface area (Å²) in [6.45, 7) is 3.20. The zero-order valence-electron chi connectivity index (χ0n) is 13.6. The molecule has 1 atom stereocenters. The van der Waals surface area contributed by atoms with Gasteiger partial charge in [-0.15, -0.1) is 11.3 Å². The van der Waals surface area contributed by atoms with Crippen LogP contribution in [0, 0.1) is 5.92 Å². The normalized spacial score (nSPS) is 16.6. The van der Waals surface area contributed by atoms with E-state index in [0.29, 0.717) is 25.9 Å². The molecule has 2 aromatic rings. The zero-order valence-corrected chi connectivity index (χ0v) is 14.5. The van der Waals surface area contributed by atoms with Crippen LogP contribution in [0.4, 0.5) is 0 Å². The summed E-state index contributed by atoms with van der Waals surface area (Å²) in [5.41, 5.74) is 0.858. The van der Waals surface area contributed by atoms with Crippen molar-refractivity contribution in [2.24, 2.45) is 5.92 Å². The maximum atomic E-state index is 12.4. The highest BCUT2D eigenvalue weighted by molar-refractivity contribution is 7.12. The van der Waals surface area contributed by atoms with Gasteiger partial charge in [0.1, 0.15) is 0 Å². The summed E-state index contributed by atoms with van der Waals surface area (Å²) >= 11 is 1.46. The van der Waals surface area contributed by atoms with Gasteiger partial charge in [-0.1, -0.05) is 12.1 Å². The fraction of sp³-hybridized carbons (Fsp3) is 0.389. The van der Waals surface area contributed by atoms with Crippen molar-refractivity contribution in [2.45, 2.75) is 25.8 Å². The van der Waals surface area contributed by atoms with E-state index < -0.39 is 0 Å². The standard InChI is InChI=1S/C18H21N3O2S/c1-13(15-5-2-3-9-19-15)20-17(22)14-7-10-21(11-8-14)18(23)16-6-4-12-24-16/h2-6,9,12-14H,7-8,10-11H2,1H3,(H,20,22). The molecule has 5 nitrogen and oxygen atoms in total. The minimum absolute atomic E-state index is 0.0384. The first kappa shape index (κ1) is 16.6. The molecule has 0 saturated carbocycles. The predicted octanol–water partition coefficient (Wildman–Crippen LogP) is 2.87. The first-order valence-electron chi connectivity index (χ1n) is 8.19. The first-order valence-corrected chi connectivity index (χ1v) is 9.07. The molecular formula is C18H21N3O2S. The molecule has 1 N–H and O–H groups in total. The van der Waals surface area contributed by atoms with Crippen molar-refractivity contribution in [3.8, 4) is 0 Å². The highest BCUT2D eigenvalue weighted by Gasteiger charge is 2.28. The Hall–Kier alpha value is -2.21. The average Bonchev–Trinajstić information content (AvgIpc) is 3.16. The molecule has 0 spiro atoms. The number of carbonyl (C=O) groups excluding carboxylic acids is 2. The van der Waals surface area contributed by atoms with Gasteiger partial charge in [-0.25, -0.2) is 0 Å². The van der Waals surface area contributed by atoms with Crippen LogP contribution in [0.2, 0.25) is 0 Å². The van der Waals surface area contributed by atoms with Crippen molar-refractivity contribution >= 4 is 23.2 Å². The average molecular weight is 343 g/mol. The number of piperidine rings is 1. The van der Waals surface area contributed by atoms with Crippen molar-refractivity contribution < 1.29 is 9.59 Å². The Balaban J connectivity index is 1.51. The van der Waals surface area contributed by atoms with E-state index >= 15 is 0 Å². The number of hydrogen-bond donors (Lipinski definition) is 1. The number of nitrogens with zero attached hydrogens (tertiary/aromatic N) is 2. The van der Waals surface area contributed by atoms with Gasteiger partial charge in [-0.05, 0) is 43.3 Å². The molecule has 126 valence electrons. The third-order valence-electron chi connectivity index (χ3n) is 4.38. The topological polar surface area (TPSA) is 62.3 Å². The summed E-state index contributed by atoms with van der Waals surface area (Å²) in [7, 11) is 0. The summed E-state index contributed by atoms with van der Waals surface area (Å²) in [4.78, 5) is 31.7. The summed E-state index contributed by atoms with van der Waals surface area (Å²) in [6.07, 6.45) is 3.14. The predicted molar refractivity (Wildman–Crippen MR) is 93.7 cm³/mol. The molecule has 2 aromatic heterocycles. The first-order chi connectivity index (χ1) is 11.6. The van der Waals surface area contributed by atoms with Crippen LogP contribution in [0.1, 0.15) is 41.2 Å². The molecule has 2 amide bonds. The van der Waals surface area contributed by atoms with Gasteiger partial charge in [0, 0.05) is 25.2 Å². The lowest BCUT2D eigenvalue weighted by atomic mass is 9.95. The Morgan fingerprint density at radius 2 is 2.04 bits per heavy atom. The molecule has 6 heteroatoms. The fourth-order valence-electron chi connectivity index (χ4n) is 2.94. The molecule has 0 aromatic carbocycles. The molecular weight excluding hydrogens is 322 g/mol. The lowest BCUT2D eigenvalue weighted by molar-refractivity contribution is -0.127. The SMILES string of the molecule is CC(NC(=O)C1CCN(C(=O)c2cccs2)CC1)c1ccccn1. The van der Waals surface area contributed by atoms with Gasteiger partial charge in [-0.2, -0.15) is 0 Å². The van der Waals surface area contributed by atoms with Gasteiger partial charge in [0.15, 0.2) is 0 Å². The van der Waals surface area contributed by atoms with Crippen LogP contribution < -0.4 is 5.32 Å². The van der Waals surface area contributed by atoms with Gasteiger partial charge < -0.3 is 10.2 Å². The van der Waals surface area contributed by atoms with Crippen LogP contribution in [0.3, 0.4) is 0 Å². The second kappa shape index (κ2) is 7.57. The van der Waals surface area contributed by atoms with E-state index in [1.807, 2.05) is 47.5 Å². The Labute approximate surface area is 145 Å². The number of pyridine rings is 1. The summed E-state index contributed by atoms with van der Waals surface area (Å²) < 4.78 is 0. The molecule has 1 fully saturated rings. The largest absolute Gasteiger partial charge is 0.348 e. The maximum absolute atomic E-state index is 12.4. The van der Waals surface area contributed by atoms with Gasteiger partial charge in [-0.3, -0.25) is 14.6 Å². The lowest BCUT2D eigenvalue weighted by Gasteiger charge is -2.31. The Morgan fingerprint density at radius 3 is 2.67 bits per heavy atom. The Morgan fingerprint density at radius 1 is 1.25 bits per heavy atom. The van der Waals surface area contributed by atoms with Crippen LogP contribution in [0.25, 0.3) is 0 Å². The summed E-state index contributed by atoms with van der Waals surface area (Å²) in [5, 5.41) is 4.94. The van der Waals surface area contributed by atoms with Crippen LogP contribution in [0.15, 0.2) is 41.9 Å². The second-order valence-corrected chi connectivity index (χ2v) is 6.98. The zero-order chi connectivity index (χ0) is 16.9. The van der Waals surface area contributed by atoms with Gasteiger partial charge >= 0.3 is 0 Å². The minimum atomic E-state index is -0.107. The number of likely N-dealkylation sites (tertiary alicyclic amines) is 1. The number of hydrogen-bond acceptors (Lipinski definition) is 4. The van der Waals surface area contributed by atoms with E-state index in [1.54, 1.807) is 6.20 Å². The smallest absolute Gasteiger partial charge is 0.263 e. The number of rotatable bonds is 4. The molecule has 3 rings (SSSR count). The van der Waals surface area contributed by atoms with E-state index in [9.17, 15) is 9.59 Å². The highest BCUT2D eigenvalue weighted by Crippen LogP contribution is 2.22. The van der Waals surface area contributed by atoms with Gasteiger partial charge in [0.2, 0.25) is 5.91 Å². The van der Waals surface area contributed by atoms with E-state index in [4.69, 9.17) is 0 Å². The molecule has 1 unspecified atom stereocenters. The molecule has 3 heterocycles. The maximum Gasteiger partial charge on any atom is 0.263 e. The van der Waals surface area contributed by atoms with Crippen molar-refractivity contribution in [1.82, 2.24) is 15.2 Å². The van der Waals surface area contributed by atoms with Crippen molar-refractivity contribution in [3.05, 3.63) is 52.5 Å². The lowest BCUT2D eigenvalue weighted by Crippen LogP contribution is -2.43. The van der Waals surface area contributed by atoms with Crippen LogP contribution >= 0.6 is 11.3 Å². The monoisotopic (exact) mass is 343 g/mol. The van der Waals surface area contributed by atoms with E-state index in [-0.39, 0.29) is 23.8 Å². The van der Waals surface area contributed by atoms with E-state index in [1.165, 1.54) is 11.3 Å². The van der Waals surface area contributed by atoms with E-state index in [2.05, 4.69) is 10.3 Å². The molecule has 1 aliphatic heterocycles. The minimum Gasteiger partial charge on any atom is -0.348 e. The number of nitrogens with one attached hydrogen (secondary N) is 1. The Kier molecular flexibility index (Phi) is 5.25. The third kappa shape index (κ3) is 3.82.